The number of amides is 2. The molecule has 0 bridgehead atoms. The topological polar surface area (TPSA) is 40.6 Å². The molecule has 2 amide bonds. The van der Waals surface area contributed by atoms with Crippen LogP contribution in [0.2, 0.25) is 0 Å². The lowest BCUT2D eigenvalue weighted by molar-refractivity contribution is -0.136. The van der Waals surface area contributed by atoms with Gasteiger partial charge in [-0.3, -0.25) is 14.5 Å². The quantitative estimate of drug-likeness (QED) is 0.743. The molecule has 0 aliphatic carbocycles. The Balaban J connectivity index is 1.97. The van der Waals surface area contributed by atoms with E-state index in [-0.39, 0.29) is 11.8 Å². The molecule has 0 unspecified atom stereocenters. The van der Waals surface area contributed by atoms with Crippen LogP contribution >= 0.6 is 0 Å². The fourth-order valence-corrected chi connectivity index (χ4v) is 1.88. The molecule has 0 atom stereocenters. The summed E-state index contributed by atoms with van der Waals surface area (Å²) in [7, 11) is 3.33. The molecular formula is C14H16N2O2. The highest BCUT2D eigenvalue weighted by Crippen LogP contribution is 2.14. The van der Waals surface area contributed by atoms with Crippen molar-refractivity contribution in [3.63, 3.8) is 0 Å². The zero-order valence-corrected chi connectivity index (χ0v) is 10.6. The summed E-state index contributed by atoms with van der Waals surface area (Å²) in [5, 5.41) is 0. The number of carbonyl (C=O) groups is 2. The first-order valence-corrected chi connectivity index (χ1v) is 5.88. The number of benzene rings is 1. The maximum absolute atomic E-state index is 11.8. The molecule has 4 heteroatoms. The Morgan fingerprint density at radius 1 is 1.17 bits per heavy atom. The van der Waals surface area contributed by atoms with Crippen molar-refractivity contribution in [1.82, 2.24) is 9.80 Å². The third-order valence-corrected chi connectivity index (χ3v) is 3.10. The van der Waals surface area contributed by atoms with Gasteiger partial charge < -0.3 is 4.90 Å². The zero-order chi connectivity index (χ0) is 13.1. The van der Waals surface area contributed by atoms with Gasteiger partial charge in [-0.2, -0.15) is 0 Å². The van der Waals surface area contributed by atoms with Gasteiger partial charge in [0, 0.05) is 26.7 Å². The Kier molecular flexibility index (Phi) is 3.46. The van der Waals surface area contributed by atoms with Crippen LogP contribution < -0.4 is 0 Å². The van der Waals surface area contributed by atoms with Crippen LogP contribution in [0.5, 0.6) is 0 Å². The van der Waals surface area contributed by atoms with E-state index in [1.807, 2.05) is 30.1 Å². The van der Waals surface area contributed by atoms with Crippen LogP contribution in [0.4, 0.5) is 0 Å². The smallest absolute Gasteiger partial charge is 0.276 e. The molecule has 94 valence electrons. The van der Waals surface area contributed by atoms with Gasteiger partial charge in [-0.15, -0.1) is 0 Å². The summed E-state index contributed by atoms with van der Waals surface area (Å²) in [6.07, 6.45) is 2.24. The van der Waals surface area contributed by atoms with Crippen LogP contribution in [-0.2, 0) is 16.0 Å². The molecular weight excluding hydrogens is 228 g/mol. The van der Waals surface area contributed by atoms with E-state index in [9.17, 15) is 9.59 Å². The lowest BCUT2D eigenvalue weighted by atomic mass is 10.1. The molecule has 1 aromatic rings. The van der Waals surface area contributed by atoms with E-state index in [1.54, 1.807) is 0 Å². The monoisotopic (exact) mass is 244 g/mol. The Labute approximate surface area is 106 Å². The Hall–Kier alpha value is -2.10. The van der Waals surface area contributed by atoms with Gasteiger partial charge in [0.15, 0.2) is 0 Å². The second kappa shape index (κ2) is 5.04. The van der Waals surface area contributed by atoms with Crippen molar-refractivity contribution in [3.8, 4) is 0 Å². The van der Waals surface area contributed by atoms with Gasteiger partial charge in [0.25, 0.3) is 11.8 Å². The first-order chi connectivity index (χ1) is 8.59. The number of nitrogens with zero attached hydrogens (tertiary/aromatic N) is 2. The standard InChI is InChI=1S/C14H16N2O2/c1-15(9-8-11-6-4-3-5-7-11)12-10-13(17)16(2)14(12)18/h3-7,10H,8-9H2,1-2H3. The van der Waals surface area contributed by atoms with Crippen LogP contribution in [-0.4, -0.2) is 42.3 Å². The van der Waals surface area contributed by atoms with E-state index in [4.69, 9.17) is 0 Å². The van der Waals surface area contributed by atoms with Crippen molar-refractivity contribution in [2.45, 2.75) is 6.42 Å². The SMILES string of the molecule is CN(CCc1ccccc1)C1=CC(=O)N(C)C1=O. The van der Waals surface area contributed by atoms with Gasteiger partial charge in [-0.25, -0.2) is 0 Å². The molecule has 0 spiro atoms. The van der Waals surface area contributed by atoms with E-state index >= 15 is 0 Å². The Morgan fingerprint density at radius 2 is 1.83 bits per heavy atom. The average molecular weight is 244 g/mol. The molecule has 1 heterocycles. The summed E-state index contributed by atoms with van der Waals surface area (Å²) in [5.41, 5.74) is 1.69. The number of carbonyl (C=O) groups excluding carboxylic acids is 2. The summed E-state index contributed by atoms with van der Waals surface area (Å²) < 4.78 is 0. The number of rotatable bonds is 4. The molecule has 0 aromatic heterocycles. The summed E-state index contributed by atoms with van der Waals surface area (Å²) in [4.78, 5) is 26.1. The molecule has 18 heavy (non-hydrogen) atoms. The van der Waals surface area contributed by atoms with Crippen LogP contribution in [0.1, 0.15) is 5.56 Å². The summed E-state index contributed by atoms with van der Waals surface area (Å²) >= 11 is 0. The van der Waals surface area contributed by atoms with Crippen LogP contribution in [0.25, 0.3) is 0 Å². The third-order valence-electron chi connectivity index (χ3n) is 3.10. The van der Waals surface area contributed by atoms with Crippen molar-refractivity contribution >= 4 is 11.8 Å². The van der Waals surface area contributed by atoms with Gasteiger partial charge in [-0.05, 0) is 12.0 Å². The minimum Gasteiger partial charge on any atom is -0.370 e. The second-order valence-electron chi connectivity index (χ2n) is 4.39. The molecule has 0 saturated heterocycles. The van der Waals surface area contributed by atoms with E-state index in [0.29, 0.717) is 12.2 Å². The number of imide groups is 1. The molecule has 2 rings (SSSR count). The molecule has 0 fully saturated rings. The van der Waals surface area contributed by atoms with Crippen molar-refractivity contribution in [1.29, 1.82) is 0 Å². The van der Waals surface area contributed by atoms with Crippen molar-refractivity contribution in [2.24, 2.45) is 0 Å². The molecule has 4 nitrogen and oxygen atoms in total. The predicted octanol–water partition coefficient (Wildman–Crippen LogP) is 1.04. The number of likely N-dealkylation sites (N-methyl/N-ethyl adjacent to an activating group) is 2. The maximum Gasteiger partial charge on any atom is 0.276 e. The largest absolute Gasteiger partial charge is 0.370 e. The van der Waals surface area contributed by atoms with E-state index in [2.05, 4.69) is 12.1 Å². The lowest BCUT2D eigenvalue weighted by Gasteiger charge is -2.19. The first kappa shape index (κ1) is 12.4. The summed E-state index contributed by atoms with van der Waals surface area (Å²) in [5.74, 6) is -0.475. The fourth-order valence-electron chi connectivity index (χ4n) is 1.88. The summed E-state index contributed by atoms with van der Waals surface area (Å²) in [6, 6.07) is 10.1. The normalized spacial score (nSPS) is 15.0. The van der Waals surface area contributed by atoms with Gasteiger partial charge in [0.1, 0.15) is 5.70 Å². The average Bonchev–Trinajstić information content (AvgIpc) is 2.65. The second-order valence-corrected chi connectivity index (χ2v) is 4.39. The number of hydrogen-bond acceptors (Lipinski definition) is 3. The van der Waals surface area contributed by atoms with Crippen LogP contribution in [0.3, 0.4) is 0 Å². The molecule has 1 aliphatic rings. The molecule has 0 radical (unpaired) electrons. The molecule has 1 aromatic carbocycles. The molecule has 0 N–H and O–H groups in total. The first-order valence-electron chi connectivity index (χ1n) is 5.88. The van der Waals surface area contributed by atoms with Crippen LogP contribution in [0.15, 0.2) is 42.1 Å². The van der Waals surface area contributed by atoms with Crippen LogP contribution in [0, 0.1) is 0 Å². The van der Waals surface area contributed by atoms with Crippen molar-refractivity contribution in [2.75, 3.05) is 20.6 Å². The minimum atomic E-state index is -0.249. The van der Waals surface area contributed by atoms with Gasteiger partial charge in [0.2, 0.25) is 0 Å². The molecule has 0 saturated carbocycles. The van der Waals surface area contributed by atoms with Gasteiger partial charge in [0.05, 0.1) is 0 Å². The lowest BCUT2D eigenvalue weighted by Crippen LogP contribution is -2.31. The number of hydrogen-bond donors (Lipinski definition) is 0. The Morgan fingerprint density at radius 3 is 2.39 bits per heavy atom. The highest BCUT2D eigenvalue weighted by Gasteiger charge is 2.29. The van der Waals surface area contributed by atoms with Gasteiger partial charge >= 0.3 is 0 Å². The summed E-state index contributed by atoms with van der Waals surface area (Å²) in [6.45, 7) is 0.711. The van der Waals surface area contributed by atoms with E-state index < -0.39 is 0 Å². The van der Waals surface area contributed by atoms with Gasteiger partial charge in [-0.1, -0.05) is 30.3 Å². The highest BCUT2D eigenvalue weighted by molar-refractivity contribution is 6.15. The third kappa shape index (κ3) is 2.42. The van der Waals surface area contributed by atoms with Crippen molar-refractivity contribution in [3.05, 3.63) is 47.7 Å². The predicted molar refractivity (Wildman–Crippen MR) is 68.6 cm³/mol. The molecule has 1 aliphatic heterocycles. The zero-order valence-electron chi connectivity index (χ0n) is 10.6. The Bertz CT molecular complexity index is 494. The van der Waals surface area contributed by atoms with E-state index in [1.165, 1.54) is 18.7 Å². The maximum atomic E-state index is 11.8. The highest BCUT2D eigenvalue weighted by atomic mass is 16.2. The van der Waals surface area contributed by atoms with Crippen molar-refractivity contribution < 1.29 is 9.59 Å². The minimum absolute atomic E-state index is 0.226. The fraction of sp³-hybridized carbons (Fsp3) is 0.286. The van der Waals surface area contributed by atoms with E-state index in [0.717, 1.165) is 11.3 Å².